The Morgan fingerprint density at radius 2 is 2.00 bits per heavy atom. The van der Waals surface area contributed by atoms with Crippen LogP contribution < -0.4 is 0 Å². The van der Waals surface area contributed by atoms with E-state index in [2.05, 4.69) is 52.0 Å². The van der Waals surface area contributed by atoms with Crippen molar-refractivity contribution in [2.75, 3.05) is 0 Å². The number of ether oxygens (including phenoxy) is 1. The number of carbonyl (C=O) groups is 1. The second-order valence-corrected chi connectivity index (χ2v) is 6.16. The van der Waals surface area contributed by atoms with Gasteiger partial charge in [-0.15, -0.1) is 0 Å². The van der Waals surface area contributed by atoms with Crippen LogP contribution in [0.1, 0.15) is 63.8 Å². The molecule has 102 valence electrons. The van der Waals surface area contributed by atoms with Gasteiger partial charge in [-0.25, -0.2) is 0 Å². The molecule has 2 heteroatoms. The van der Waals surface area contributed by atoms with Crippen molar-refractivity contribution in [2.45, 2.75) is 52.6 Å². The molecule has 1 aromatic rings. The van der Waals surface area contributed by atoms with Gasteiger partial charge in [0, 0.05) is 12.5 Å². The number of carbonyl (C=O) groups excluding carboxylic acids is 1. The summed E-state index contributed by atoms with van der Waals surface area (Å²) in [6.45, 7) is 10.1. The van der Waals surface area contributed by atoms with E-state index < -0.39 is 0 Å². The Labute approximate surface area is 115 Å². The molecule has 1 aliphatic carbocycles. The van der Waals surface area contributed by atoms with Crippen molar-refractivity contribution in [3.63, 3.8) is 0 Å². The summed E-state index contributed by atoms with van der Waals surface area (Å²) in [6.07, 6.45) is 2.85. The van der Waals surface area contributed by atoms with Crippen LogP contribution >= 0.6 is 0 Å². The Kier molecular flexibility index (Phi) is 3.53. The van der Waals surface area contributed by atoms with E-state index in [-0.39, 0.29) is 17.5 Å². The maximum Gasteiger partial charge on any atom is 0.303 e. The molecule has 0 heterocycles. The molecule has 1 aromatic carbocycles. The summed E-state index contributed by atoms with van der Waals surface area (Å²) in [6, 6.07) is 6.48. The number of esters is 1. The van der Waals surface area contributed by atoms with Gasteiger partial charge in [0.2, 0.25) is 0 Å². The van der Waals surface area contributed by atoms with Gasteiger partial charge < -0.3 is 4.74 Å². The normalized spacial score (nSPS) is 17.9. The molecule has 1 unspecified atom stereocenters. The van der Waals surface area contributed by atoms with Gasteiger partial charge in [-0.1, -0.05) is 52.0 Å². The van der Waals surface area contributed by atoms with Crippen LogP contribution in [0.25, 0.3) is 6.08 Å². The molecule has 0 N–H and O–H groups in total. The molecule has 0 bridgehead atoms. The second kappa shape index (κ2) is 4.84. The number of hydrogen-bond donors (Lipinski definition) is 0. The van der Waals surface area contributed by atoms with E-state index in [1.165, 1.54) is 23.6 Å². The van der Waals surface area contributed by atoms with Gasteiger partial charge in [-0.05, 0) is 28.5 Å². The highest BCUT2D eigenvalue weighted by Gasteiger charge is 2.28. The fourth-order valence-corrected chi connectivity index (χ4v) is 2.47. The first kappa shape index (κ1) is 13.9. The Balaban J connectivity index is 2.44. The molecule has 0 aromatic heterocycles. The van der Waals surface area contributed by atoms with E-state index in [9.17, 15) is 4.79 Å². The summed E-state index contributed by atoms with van der Waals surface area (Å²) in [5.74, 6) is -0.224. The van der Waals surface area contributed by atoms with Gasteiger partial charge >= 0.3 is 5.97 Å². The zero-order chi connectivity index (χ0) is 14.2. The maximum atomic E-state index is 11.3. The van der Waals surface area contributed by atoms with Crippen molar-refractivity contribution in [1.29, 1.82) is 0 Å². The summed E-state index contributed by atoms with van der Waals surface area (Å²) in [5, 5.41) is 0. The third-order valence-corrected chi connectivity index (χ3v) is 3.61. The van der Waals surface area contributed by atoms with E-state index >= 15 is 0 Å². The minimum Gasteiger partial charge on any atom is -0.453 e. The maximum absolute atomic E-state index is 11.3. The molecule has 2 rings (SSSR count). The van der Waals surface area contributed by atoms with Crippen LogP contribution in [0.2, 0.25) is 0 Å². The molecular weight excluding hydrogens is 236 g/mol. The molecular formula is C17H22O2. The fourth-order valence-electron chi connectivity index (χ4n) is 2.47. The van der Waals surface area contributed by atoms with Crippen molar-refractivity contribution in [3.05, 3.63) is 40.5 Å². The lowest BCUT2D eigenvalue weighted by molar-refractivity contribution is -0.144. The number of rotatable bonds is 2. The third-order valence-electron chi connectivity index (χ3n) is 3.61. The standard InChI is InChI=1S/C17H22O2/c1-6-12-9-13-7-8-14(17(3,4)5)10-15(13)16(12)19-11(2)18/h7-10,16H,6H2,1-5H3. The lowest BCUT2D eigenvalue weighted by atomic mass is 9.85. The monoisotopic (exact) mass is 258 g/mol. The fraction of sp³-hybridized carbons (Fsp3) is 0.471. The van der Waals surface area contributed by atoms with E-state index in [0.717, 1.165) is 12.0 Å². The van der Waals surface area contributed by atoms with Gasteiger partial charge in [0.05, 0.1) is 0 Å². The van der Waals surface area contributed by atoms with Crippen LogP contribution in [0.5, 0.6) is 0 Å². The van der Waals surface area contributed by atoms with E-state index in [0.29, 0.717) is 0 Å². The summed E-state index contributed by atoms with van der Waals surface area (Å²) in [7, 11) is 0. The number of benzene rings is 1. The second-order valence-electron chi connectivity index (χ2n) is 6.16. The van der Waals surface area contributed by atoms with Crippen LogP contribution in [0.15, 0.2) is 23.8 Å². The first-order valence-corrected chi connectivity index (χ1v) is 6.85. The lowest BCUT2D eigenvalue weighted by Crippen LogP contribution is -2.13. The topological polar surface area (TPSA) is 26.3 Å². The summed E-state index contributed by atoms with van der Waals surface area (Å²) < 4.78 is 5.50. The van der Waals surface area contributed by atoms with Crippen LogP contribution in [-0.2, 0) is 14.9 Å². The van der Waals surface area contributed by atoms with Crippen LogP contribution in [0, 0.1) is 0 Å². The van der Waals surface area contributed by atoms with Crippen LogP contribution in [0.4, 0.5) is 0 Å². The Bertz CT molecular complexity index is 533. The first-order valence-electron chi connectivity index (χ1n) is 6.85. The van der Waals surface area contributed by atoms with Crippen molar-refractivity contribution in [3.8, 4) is 0 Å². The molecule has 0 saturated heterocycles. The molecule has 0 aliphatic heterocycles. The van der Waals surface area contributed by atoms with Crippen LogP contribution in [-0.4, -0.2) is 5.97 Å². The van der Waals surface area contributed by atoms with Gasteiger partial charge in [0.15, 0.2) is 0 Å². The van der Waals surface area contributed by atoms with E-state index in [1.807, 2.05) is 0 Å². The van der Waals surface area contributed by atoms with Gasteiger partial charge in [0.25, 0.3) is 0 Å². The van der Waals surface area contributed by atoms with E-state index in [4.69, 9.17) is 4.74 Å². The Morgan fingerprint density at radius 1 is 1.32 bits per heavy atom. The van der Waals surface area contributed by atoms with Gasteiger partial charge in [-0.2, -0.15) is 0 Å². The first-order chi connectivity index (χ1) is 8.82. The smallest absolute Gasteiger partial charge is 0.303 e. The predicted molar refractivity (Wildman–Crippen MR) is 77.9 cm³/mol. The third kappa shape index (κ3) is 2.73. The van der Waals surface area contributed by atoms with Crippen LogP contribution in [0.3, 0.4) is 0 Å². The zero-order valence-electron chi connectivity index (χ0n) is 12.4. The summed E-state index contributed by atoms with van der Waals surface area (Å²) >= 11 is 0. The minimum atomic E-state index is -0.224. The SMILES string of the molecule is CCC1=Cc2ccc(C(C)(C)C)cc2C1OC(C)=O. The molecule has 0 saturated carbocycles. The van der Waals surface area contributed by atoms with Crippen molar-refractivity contribution in [2.24, 2.45) is 0 Å². The largest absolute Gasteiger partial charge is 0.453 e. The highest BCUT2D eigenvalue weighted by Crippen LogP contribution is 2.40. The Morgan fingerprint density at radius 3 is 2.53 bits per heavy atom. The van der Waals surface area contributed by atoms with Crippen molar-refractivity contribution in [1.82, 2.24) is 0 Å². The summed E-state index contributed by atoms with van der Waals surface area (Å²) in [5.41, 5.74) is 4.85. The quantitative estimate of drug-likeness (QED) is 0.735. The molecule has 1 aliphatic rings. The minimum absolute atomic E-state index is 0.102. The van der Waals surface area contributed by atoms with Crippen molar-refractivity contribution >= 4 is 12.0 Å². The number of fused-ring (bicyclic) bond motifs is 1. The average molecular weight is 258 g/mol. The van der Waals surface area contributed by atoms with E-state index in [1.54, 1.807) is 0 Å². The lowest BCUT2D eigenvalue weighted by Gasteiger charge is -2.22. The average Bonchev–Trinajstić information content (AvgIpc) is 2.65. The molecule has 0 amide bonds. The summed E-state index contributed by atoms with van der Waals surface area (Å²) in [4.78, 5) is 11.3. The molecule has 1 atom stereocenters. The zero-order valence-corrected chi connectivity index (χ0v) is 12.4. The highest BCUT2D eigenvalue weighted by atomic mass is 16.5. The molecule has 0 fully saturated rings. The molecule has 2 nitrogen and oxygen atoms in total. The molecule has 0 radical (unpaired) electrons. The number of hydrogen-bond acceptors (Lipinski definition) is 2. The molecule has 0 spiro atoms. The molecule has 19 heavy (non-hydrogen) atoms. The van der Waals surface area contributed by atoms with Gasteiger partial charge in [0.1, 0.15) is 6.10 Å². The van der Waals surface area contributed by atoms with Crippen molar-refractivity contribution < 1.29 is 9.53 Å². The van der Waals surface area contributed by atoms with Gasteiger partial charge in [-0.3, -0.25) is 4.79 Å². The predicted octanol–water partition coefficient (Wildman–Crippen LogP) is 4.40. The highest BCUT2D eigenvalue weighted by molar-refractivity contribution is 5.71. The Hall–Kier alpha value is -1.57.